The molecule has 0 atom stereocenters. The molecule has 0 aliphatic rings. The van der Waals surface area contributed by atoms with E-state index in [1.807, 2.05) is 6.08 Å². The van der Waals surface area contributed by atoms with Gasteiger partial charge in [0.15, 0.2) is 0 Å². The fraction of sp³-hybridized carbons (Fsp3) is 0.400. The first-order chi connectivity index (χ1) is 8.26. The van der Waals surface area contributed by atoms with Crippen molar-refractivity contribution in [1.82, 2.24) is 5.32 Å². The van der Waals surface area contributed by atoms with Crippen LogP contribution in [-0.2, 0) is 17.6 Å². The summed E-state index contributed by atoms with van der Waals surface area (Å²) in [7, 11) is 0. The minimum absolute atomic E-state index is 0.117. The maximum Gasteiger partial charge on any atom is 0.220 e. The number of hydrogen-bond donors (Lipinski definition) is 1. The van der Waals surface area contributed by atoms with Gasteiger partial charge in [-0.25, -0.2) is 0 Å². The highest BCUT2D eigenvalue weighted by molar-refractivity contribution is 5.76. The van der Waals surface area contributed by atoms with Gasteiger partial charge in [0.1, 0.15) is 0 Å². The molecule has 1 aromatic rings. The van der Waals surface area contributed by atoms with Crippen LogP contribution in [0, 0.1) is 0 Å². The molecule has 0 radical (unpaired) electrons. The third-order valence-electron chi connectivity index (χ3n) is 2.74. The Morgan fingerprint density at radius 1 is 1.29 bits per heavy atom. The first-order valence-electron chi connectivity index (χ1n) is 6.21. The third kappa shape index (κ3) is 5.34. The fourth-order valence-corrected chi connectivity index (χ4v) is 1.60. The lowest BCUT2D eigenvalue weighted by atomic mass is 10.1. The normalized spacial score (nSPS) is 9.94. The number of rotatable bonds is 7. The van der Waals surface area contributed by atoms with E-state index >= 15 is 0 Å². The van der Waals surface area contributed by atoms with E-state index in [1.165, 1.54) is 11.1 Å². The Balaban J connectivity index is 2.29. The quantitative estimate of drug-likeness (QED) is 0.567. The maximum atomic E-state index is 11.5. The average molecular weight is 231 g/mol. The molecule has 0 aliphatic heterocycles. The number of benzene rings is 1. The SMILES string of the molecule is C=CCCNC(=O)CCc1ccc(CC)cc1. The van der Waals surface area contributed by atoms with Crippen molar-refractivity contribution < 1.29 is 4.79 Å². The Bertz CT molecular complexity index is 354. The van der Waals surface area contributed by atoms with Crippen LogP contribution >= 0.6 is 0 Å². The van der Waals surface area contributed by atoms with Crippen LogP contribution < -0.4 is 5.32 Å². The topological polar surface area (TPSA) is 29.1 Å². The van der Waals surface area contributed by atoms with Crippen LogP contribution in [-0.4, -0.2) is 12.5 Å². The van der Waals surface area contributed by atoms with E-state index in [-0.39, 0.29) is 5.91 Å². The number of carbonyl (C=O) groups excluding carboxylic acids is 1. The molecule has 0 bridgehead atoms. The second-order valence-electron chi connectivity index (χ2n) is 4.10. The van der Waals surface area contributed by atoms with Gasteiger partial charge in [0.2, 0.25) is 5.91 Å². The molecule has 0 heterocycles. The average Bonchev–Trinajstić information content (AvgIpc) is 2.37. The van der Waals surface area contributed by atoms with Crippen LogP contribution in [0.5, 0.6) is 0 Å². The van der Waals surface area contributed by atoms with Crippen LogP contribution in [0.3, 0.4) is 0 Å². The van der Waals surface area contributed by atoms with Gasteiger partial charge in [-0.1, -0.05) is 37.3 Å². The Hall–Kier alpha value is -1.57. The predicted octanol–water partition coefficient (Wildman–Crippen LogP) is 2.87. The molecule has 0 aliphatic carbocycles. The van der Waals surface area contributed by atoms with Crippen molar-refractivity contribution in [3.8, 4) is 0 Å². The first kappa shape index (κ1) is 13.5. The Kier molecular flexibility index (Phi) is 6.08. The van der Waals surface area contributed by atoms with Crippen molar-refractivity contribution in [2.24, 2.45) is 0 Å². The molecule has 0 spiro atoms. The molecule has 0 saturated carbocycles. The van der Waals surface area contributed by atoms with E-state index in [0.717, 1.165) is 19.3 Å². The molecule has 0 saturated heterocycles. The lowest BCUT2D eigenvalue weighted by Crippen LogP contribution is -2.24. The summed E-state index contributed by atoms with van der Waals surface area (Å²) in [6.45, 7) is 6.45. The minimum Gasteiger partial charge on any atom is -0.356 e. The number of aryl methyl sites for hydroxylation is 2. The second kappa shape index (κ2) is 7.66. The summed E-state index contributed by atoms with van der Waals surface area (Å²) < 4.78 is 0. The molecule has 1 rings (SSSR count). The molecule has 17 heavy (non-hydrogen) atoms. The number of carbonyl (C=O) groups is 1. The molecule has 1 aromatic carbocycles. The van der Waals surface area contributed by atoms with E-state index in [9.17, 15) is 4.79 Å². The summed E-state index contributed by atoms with van der Waals surface area (Å²) >= 11 is 0. The fourth-order valence-electron chi connectivity index (χ4n) is 1.60. The summed E-state index contributed by atoms with van der Waals surface area (Å²) in [4.78, 5) is 11.5. The predicted molar refractivity (Wildman–Crippen MR) is 72.0 cm³/mol. The van der Waals surface area contributed by atoms with Crippen LogP contribution in [0.25, 0.3) is 0 Å². The number of nitrogens with one attached hydrogen (secondary N) is 1. The Labute approximate surface area is 104 Å². The minimum atomic E-state index is 0.117. The van der Waals surface area contributed by atoms with Gasteiger partial charge >= 0.3 is 0 Å². The van der Waals surface area contributed by atoms with Gasteiger partial charge in [0.05, 0.1) is 0 Å². The maximum absolute atomic E-state index is 11.5. The molecule has 2 heteroatoms. The Morgan fingerprint density at radius 2 is 1.94 bits per heavy atom. The molecule has 1 N–H and O–H groups in total. The lowest BCUT2D eigenvalue weighted by Gasteiger charge is -2.04. The summed E-state index contributed by atoms with van der Waals surface area (Å²) in [5, 5.41) is 2.87. The number of amides is 1. The van der Waals surface area contributed by atoms with Crippen LogP contribution in [0.2, 0.25) is 0 Å². The molecular formula is C15H21NO. The molecule has 0 unspecified atom stereocenters. The molecule has 2 nitrogen and oxygen atoms in total. The van der Waals surface area contributed by atoms with Crippen molar-refractivity contribution in [3.05, 3.63) is 48.0 Å². The molecule has 1 amide bonds. The molecule has 0 aromatic heterocycles. The van der Waals surface area contributed by atoms with E-state index in [1.54, 1.807) is 0 Å². The van der Waals surface area contributed by atoms with Gasteiger partial charge in [-0.15, -0.1) is 6.58 Å². The van der Waals surface area contributed by atoms with Gasteiger partial charge in [0, 0.05) is 13.0 Å². The van der Waals surface area contributed by atoms with Gasteiger partial charge in [-0.2, -0.15) is 0 Å². The second-order valence-corrected chi connectivity index (χ2v) is 4.10. The summed E-state index contributed by atoms with van der Waals surface area (Å²) in [6, 6.07) is 8.47. The van der Waals surface area contributed by atoms with Crippen molar-refractivity contribution >= 4 is 5.91 Å². The van der Waals surface area contributed by atoms with E-state index < -0.39 is 0 Å². The van der Waals surface area contributed by atoms with Crippen molar-refractivity contribution in [2.75, 3.05) is 6.54 Å². The highest BCUT2D eigenvalue weighted by Crippen LogP contribution is 2.07. The monoisotopic (exact) mass is 231 g/mol. The summed E-state index contributed by atoms with van der Waals surface area (Å²) in [5.74, 6) is 0.117. The first-order valence-corrected chi connectivity index (χ1v) is 6.21. The zero-order valence-corrected chi connectivity index (χ0v) is 10.5. The van der Waals surface area contributed by atoms with Gasteiger partial charge in [-0.3, -0.25) is 4.79 Å². The Morgan fingerprint density at radius 3 is 2.53 bits per heavy atom. The van der Waals surface area contributed by atoms with Crippen LogP contribution in [0.1, 0.15) is 30.9 Å². The smallest absolute Gasteiger partial charge is 0.220 e. The highest BCUT2D eigenvalue weighted by atomic mass is 16.1. The van der Waals surface area contributed by atoms with Gasteiger partial charge in [0.25, 0.3) is 0 Å². The van der Waals surface area contributed by atoms with Crippen LogP contribution in [0.15, 0.2) is 36.9 Å². The molecular weight excluding hydrogens is 210 g/mol. The van der Waals surface area contributed by atoms with Gasteiger partial charge < -0.3 is 5.32 Å². The summed E-state index contributed by atoms with van der Waals surface area (Å²) in [6.07, 6.45) is 5.07. The standard InChI is InChI=1S/C15H21NO/c1-3-5-12-16-15(17)11-10-14-8-6-13(4-2)7-9-14/h3,6-9H,1,4-5,10-12H2,2H3,(H,16,17). The third-order valence-corrected chi connectivity index (χ3v) is 2.74. The number of hydrogen-bond acceptors (Lipinski definition) is 1. The van der Waals surface area contributed by atoms with Gasteiger partial charge in [-0.05, 0) is 30.4 Å². The highest BCUT2D eigenvalue weighted by Gasteiger charge is 2.01. The largest absolute Gasteiger partial charge is 0.356 e. The van der Waals surface area contributed by atoms with E-state index in [0.29, 0.717) is 13.0 Å². The van der Waals surface area contributed by atoms with E-state index in [2.05, 4.69) is 43.1 Å². The summed E-state index contributed by atoms with van der Waals surface area (Å²) in [5.41, 5.74) is 2.56. The van der Waals surface area contributed by atoms with E-state index in [4.69, 9.17) is 0 Å². The van der Waals surface area contributed by atoms with Crippen LogP contribution in [0.4, 0.5) is 0 Å². The van der Waals surface area contributed by atoms with Crippen molar-refractivity contribution in [1.29, 1.82) is 0 Å². The zero-order valence-electron chi connectivity index (χ0n) is 10.5. The van der Waals surface area contributed by atoms with Crippen molar-refractivity contribution in [3.63, 3.8) is 0 Å². The zero-order chi connectivity index (χ0) is 12.5. The molecule has 92 valence electrons. The molecule has 0 fully saturated rings. The lowest BCUT2D eigenvalue weighted by molar-refractivity contribution is -0.121. The van der Waals surface area contributed by atoms with Crippen molar-refractivity contribution in [2.45, 2.75) is 32.6 Å².